The van der Waals surface area contributed by atoms with Crippen molar-refractivity contribution in [3.63, 3.8) is 0 Å². The van der Waals surface area contributed by atoms with E-state index in [1.165, 1.54) is 23.1 Å². The van der Waals surface area contributed by atoms with E-state index in [4.69, 9.17) is 34.8 Å². The highest BCUT2D eigenvalue weighted by molar-refractivity contribution is 7.92. The van der Waals surface area contributed by atoms with Crippen molar-refractivity contribution in [1.82, 2.24) is 10.2 Å². The van der Waals surface area contributed by atoms with Gasteiger partial charge < -0.3 is 10.2 Å². The molecule has 1 N–H and O–H groups in total. The summed E-state index contributed by atoms with van der Waals surface area (Å²) in [5, 5.41) is 3.56. The first kappa shape index (κ1) is 29.8. The lowest BCUT2D eigenvalue weighted by atomic mass is 10.1. The van der Waals surface area contributed by atoms with Crippen LogP contribution in [0.3, 0.4) is 0 Å². The smallest absolute Gasteiger partial charge is 0.264 e. The number of hydrogen-bond donors (Lipinski definition) is 1. The molecule has 0 aliphatic carbocycles. The molecule has 0 heterocycles. The molecule has 3 aromatic carbocycles. The Balaban J connectivity index is 2.07. The summed E-state index contributed by atoms with van der Waals surface area (Å²) in [7, 11) is -4.19. The third-order valence-corrected chi connectivity index (χ3v) is 8.64. The Labute approximate surface area is 238 Å². The second-order valence-corrected chi connectivity index (χ2v) is 11.4. The second kappa shape index (κ2) is 13.3. The summed E-state index contributed by atoms with van der Waals surface area (Å²) >= 11 is 18.7. The highest BCUT2D eigenvalue weighted by atomic mass is 35.5. The molecule has 0 bridgehead atoms. The van der Waals surface area contributed by atoms with E-state index < -0.39 is 28.5 Å². The minimum absolute atomic E-state index is 0.000444. The molecule has 0 aromatic heterocycles. The number of benzene rings is 3. The van der Waals surface area contributed by atoms with Crippen molar-refractivity contribution in [3.8, 4) is 0 Å². The van der Waals surface area contributed by atoms with Crippen molar-refractivity contribution in [2.75, 3.05) is 17.4 Å². The van der Waals surface area contributed by atoms with Crippen LogP contribution < -0.4 is 9.62 Å². The molecule has 0 aliphatic rings. The number of nitrogens with zero attached hydrogens (tertiary/aromatic N) is 2. The largest absolute Gasteiger partial charge is 0.355 e. The maximum atomic E-state index is 13.9. The van der Waals surface area contributed by atoms with Crippen LogP contribution in [0, 0.1) is 0 Å². The molecule has 3 aromatic rings. The van der Waals surface area contributed by atoms with Crippen LogP contribution in [0.4, 0.5) is 5.69 Å². The number of likely N-dealkylation sites (N-methyl/N-ethyl adjacent to an activating group) is 1. The Hall–Kier alpha value is -2.78. The average molecular weight is 597 g/mol. The molecular formula is C27H28Cl3N3O4S. The predicted molar refractivity (Wildman–Crippen MR) is 152 cm³/mol. The van der Waals surface area contributed by atoms with Gasteiger partial charge in [-0.1, -0.05) is 78.1 Å². The van der Waals surface area contributed by atoms with Crippen LogP contribution in [0.25, 0.3) is 0 Å². The van der Waals surface area contributed by atoms with Crippen LogP contribution in [-0.4, -0.2) is 44.3 Å². The van der Waals surface area contributed by atoms with Gasteiger partial charge in [0.1, 0.15) is 12.6 Å². The first-order valence-corrected chi connectivity index (χ1v) is 14.5. The predicted octanol–water partition coefficient (Wildman–Crippen LogP) is 5.79. The summed E-state index contributed by atoms with van der Waals surface area (Å²) in [6, 6.07) is 18.2. The van der Waals surface area contributed by atoms with Gasteiger partial charge in [-0.15, -0.1) is 0 Å². The standard InChI is InChI=1S/C27H28Cl3N3O4S/c1-3-24(27(35)31-4-2)32(17-19-14-15-21(28)23(30)16-19)26(34)18-33(25-13-9-8-12-22(25)29)38(36,37)20-10-6-5-7-11-20/h5-16,24H,3-4,17-18H2,1-2H3,(H,31,35)/t24-/m1/s1. The molecule has 2 amide bonds. The van der Waals surface area contributed by atoms with Crippen LogP contribution in [0.1, 0.15) is 25.8 Å². The summed E-state index contributed by atoms with van der Waals surface area (Å²) in [5.74, 6) is -0.938. The lowest BCUT2D eigenvalue weighted by molar-refractivity contribution is -0.140. The van der Waals surface area contributed by atoms with Gasteiger partial charge in [-0.05, 0) is 55.3 Å². The van der Waals surface area contributed by atoms with E-state index in [9.17, 15) is 18.0 Å². The molecule has 0 spiro atoms. The van der Waals surface area contributed by atoms with E-state index in [2.05, 4.69) is 5.32 Å². The molecule has 0 aliphatic heterocycles. The van der Waals surface area contributed by atoms with Gasteiger partial charge in [0.05, 0.1) is 25.7 Å². The summed E-state index contributed by atoms with van der Waals surface area (Å²) in [6.07, 6.45) is 0.302. The molecule has 7 nitrogen and oxygen atoms in total. The van der Waals surface area contributed by atoms with E-state index in [-0.39, 0.29) is 28.1 Å². The number of anilines is 1. The second-order valence-electron chi connectivity index (χ2n) is 8.36. The molecule has 202 valence electrons. The van der Waals surface area contributed by atoms with Gasteiger partial charge in [0.25, 0.3) is 10.0 Å². The Morgan fingerprint density at radius 3 is 2.13 bits per heavy atom. The van der Waals surface area contributed by atoms with E-state index >= 15 is 0 Å². The quantitative estimate of drug-likeness (QED) is 0.304. The van der Waals surface area contributed by atoms with Crippen LogP contribution in [0.2, 0.25) is 15.1 Å². The third kappa shape index (κ3) is 6.99. The maximum absolute atomic E-state index is 13.9. The number of para-hydroxylation sites is 1. The Morgan fingerprint density at radius 1 is 0.868 bits per heavy atom. The fraction of sp³-hybridized carbons (Fsp3) is 0.259. The summed E-state index contributed by atoms with van der Waals surface area (Å²) in [5.41, 5.74) is 0.776. The summed E-state index contributed by atoms with van der Waals surface area (Å²) < 4.78 is 28.5. The number of carbonyl (C=O) groups excluding carboxylic acids is 2. The molecule has 38 heavy (non-hydrogen) atoms. The van der Waals surface area contributed by atoms with E-state index in [0.29, 0.717) is 28.6 Å². The van der Waals surface area contributed by atoms with E-state index in [1.54, 1.807) is 68.4 Å². The first-order chi connectivity index (χ1) is 18.1. The topological polar surface area (TPSA) is 86.8 Å². The minimum Gasteiger partial charge on any atom is -0.355 e. The number of sulfonamides is 1. The molecule has 0 radical (unpaired) electrons. The zero-order valence-corrected chi connectivity index (χ0v) is 24.0. The van der Waals surface area contributed by atoms with Gasteiger partial charge in [-0.3, -0.25) is 13.9 Å². The Morgan fingerprint density at radius 2 is 1.53 bits per heavy atom. The molecular weight excluding hydrogens is 569 g/mol. The van der Waals surface area contributed by atoms with Crippen molar-refractivity contribution in [2.45, 2.75) is 37.8 Å². The average Bonchev–Trinajstić information content (AvgIpc) is 2.90. The highest BCUT2D eigenvalue weighted by Gasteiger charge is 2.34. The van der Waals surface area contributed by atoms with Gasteiger partial charge in [0.15, 0.2) is 0 Å². The van der Waals surface area contributed by atoms with Gasteiger partial charge in [0, 0.05) is 13.1 Å². The van der Waals surface area contributed by atoms with Crippen LogP contribution >= 0.6 is 34.8 Å². The number of amides is 2. The number of rotatable bonds is 11. The van der Waals surface area contributed by atoms with Gasteiger partial charge in [-0.25, -0.2) is 8.42 Å². The minimum atomic E-state index is -4.19. The van der Waals surface area contributed by atoms with Crippen LogP contribution in [0.5, 0.6) is 0 Å². The molecule has 1 atom stereocenters. The SMILES string of the molecule is CCNC(=O)[C@@H](CC)N(Cc1ccc(Cl)c(Cl)c1)C(=O)CN(c1ccccc1Cl)S(=O)(=O)c1ccccc1. The Bertz CT molecular complexity index is 1390. The van der Waals surface area contributed by atoms with Gasteiger partial charge in [-0.2, -0.15) is 0 Å². The highest BCUT2D eigenvalue weighted by Crippen LogP contribution is 2.31. The van der Waals surface area contributed by atoms with Crippen molar-refractivity contribution >= 4 is 62.3 Å². The zero-order valence-electron chi connectivity index (χ0n) is 20.9. The van der Waals surface area contributed by atoms with Crippen LogP contribution in [0.15, 0.2) is 77.7 Å². The zero-order chi connectivity index (χ0) is 27.9. The number of halogens is 3. The molecule has 11 heteroatoms. The van der Waals surface area contributed by atoms with Crippen LogP contribution in [-0.2, 0) is 26.2 Å². The lowest BCUT2D eigenvalue weighted by Gasteiger charge is -2.33. The summed E-state index contributed by atoms with van der Waals surface area (Å²) in [6.45, 7) is 3.35. The number of nitrogens with one attached hydrogen (secondary N) is 1. The van der Waals surface area contributed by atoms with Crippen molar-refractivity contribution < 1.29 is 18.0 Å². The van der Waals surface area contributed by atoms with E-state index in [0.717, 1.165) is 4.31 Å². The monoisotopic (exact) mass is 595 g/mol. The van der Waals surface area contributed by atoms with Crippen molar-refractivity contribution in [2.24, 2.45) is 0 Å². The fourth-order valence-electron chi connectivity index (χ4n) is 3.93. The molecule has 0 unspecified atom stereocenters. The number of carbonyl (C=O) groups is 2. The lowest BCUT2D eigenvalue weighted by Crippen LogP contribution is -2.52. The number of hydrogen-bond acceptors (Lipinski definition) is 4. The fourth-order valence-corrected chi connectivity index (χ4v) is 6.00. The van der Waals surface area contributed by atoms with Crippen molar-refractivity contribution in [1.29, 1.82) is 0 Å². The molecule has 0 saturated carbocycles. The Kier molecular flexibility index (Phi) is 10.4. The molecule has 0 fully saturated rings. The third-order valence-electron chi connectivity index (χ3n) is 5.81. The van der Waals surface area contributed by atoms with Crippen molar-refractivity contribution in [3.05, 3.63) is 93.4 Å². The van der Waals surface area contributed by atoms with E-state index in [1.807, 2.05) is 0 Å². The molecule has 0 saturated heterocycles. The maximum Gasteiger partial charge on any atom is 0.264 e. The normalized spacial score (nSPS) is 12.0. The molecule has 3 rings (SSSR count). The summed E-state index contributed by atoms with van der Waals surface area (Å²) in [4.78, 5) is 28.2. The van der Waals surface area contributed by atoms with Gasteiger partial charge in [0.2, 0.25) is 11.8 Å². The van der Waals surface area contributed by atoms with Gasteiger partial charge >= 0.3 is 0 Å². The first-order valence-electron chi connectivity index (χ1n) is 11.9.